The highest BCUT2D eigenvalue weighted by Crippen LogP contribution is 2.08. The van der Waals surface area contributed by atoms with E-state index in [2.05, 4.69) is 46.4 Å². The highest BCUT2D eigenvalue weighted by Gasteiger charge is 2.07. The Hall–Kier alpha value is -2.09. The molecule has 0 bridgehead atoms. The molecule has 0 fully saturated rings. The summed E-state index contributed by atoms with van der Waals surface area (Å²) in [4.78, 5) is 18.1. The Balaban J connectivity index is 0.00000338. The van der Waals surface area contributed by atoms with Gasteiger partial charge in [-0.2, -0.15) is 0 Å². The van der Waals surface area contributed by atoms with Crippen molar-refractivity contribution in [3.05, 3.63) is 70.8 Å². The second-order valence-corrected chi connectivity index (χ2v) is 6.08. The van der Waals surface area contributed by atoms with E-state index in [-0.39, 0.29) is 24.0 Å². The number of rotatable bonds is 6. The molecule has 5 nitrogen and oxygen atoms in total. The van der Waals surface area contributed by atoms with Gasteiger partial charge < -0.3 is 16.0 Å². The highest BCUT2D eigenvalue weighted by molar-refractivity contribution is 14.0. The lowest BCUT2D eigenvalue weighted by Crippen LogP contribution is -2.38. The first-order valence-electron chi connectivity index (χ1n) is 8.43. The van der Waals surface area contributed by atoms with Crippen LogP contribution in [0.25, 0.3) is 0 Å². The third-order valence-corrected chi connectivity index (χ3v) is 3.86. The first kappa shape index (κ1) is 22.0. The number of hydrogen-bond acceptors (Lipinski definition) is 2. The molecular weight excluding hydrogens is 439 g/mol. The van der Waals surface area contributed by atoms with Crippen LogP contribution in [-0.2, 0) is 13.1 Å². The van der Waals surface area contributed by atoms with Crippen molar-refractivity contribution in [2.75, 3.05) is 13.6 Å². The lowest BCUT2D eigenvalue weighted by molar-refractivity contribution is 0.1000. The Morgan fingerprint density at radius 3 is 2.46 bits per heavy atom. The van der Waals surface area contributed by atoms with E-state index in [4.69, 9.17) is 5.73 Å². The highest BCUT2D eigenvalue weighted by atomic mass is 127. The normalized spacial score (nSPS) is 10.8. The molecule has 0 heterocycles. The monoisotopic (exact) mass is 466 g/mol. The smallest absolute Gasteiger partial charge is 0.248 e. The van der Waals surface area contributed by atoms with Gasteiger partial charge in [-0.05, 0) is 37.1 Å². The van der Waals surface area contributed by atoms with Crippen LogP contribution in [0.15, 0.2) is 53.5 Å². The van der Waals surface area contributed by atoms with E-state index >= 15 is 0 Å². The Labute approximate surface area is 172 Å². The number of amides is 1. The third kappa shape index (κ3) is 6.67. The van der Waals surface area contributed by atoms with Gasteiger partial charge >= 0.3 is 0 Å². The number of carbonyl (C=O) groups excluding carboxylic acids is 1. The molecule has 0 atom stereocenters. The number of carbonyl (C=O) groups is 1. The van der Waals surface area contributed by atoms with Crippen molar-refractivity contribution in [2.24, 2.45) is 10.7 Å². The molecule has 2 rings (SSSR count). The molecule has 1 amide bonds. The van der Waals surface area contributed by atoms with Crippen LogP contribution >= 0.6 is 24.0 Å². The van der Waals surface area contributed by atoms with Gasteiger partial charge in [0.15, 0.2) is 5.96 Å². The Bertz CT molecular complexity index is 744. The predicted molar refractivity (Wildman–Crippen MR) is 118 cm³/mol. The summed E-state index contributed by atoms with van der Waals surface area (Å²) >= 11 is 0. The SMILES string of the molecule is CCNC(=NCc1cccc(C(N)=O)c1)N(C)Cc1ccc(C)cc1.I. The molecule has 0 aliphatic carbocycles. The lowest BCUT2D eigenvalue weighted by atomic mass is 10.1. The first-order valence-corrected chi connectivity index (χ1v) is 8.43. The number of nitrogens with zero attached hydrogens (tertiary/aromatic N) is 2. The summed E-state index contributed by atoms with van der Waals surface area (Å²) in [6.45, 7) is 6.18. The van der Waals surface area contributed by atoms with Gasteiger partial charge in [0.1, 0.15) is 0 Å². The van der Waals surface area contributed by atoms with Crippen LogP contribution in [0.1, 0.15) is 34.0 Å². The molecule has 0 radical (unpaired) electrons. The van der Waals surface area contributed by atoms with E-state index in [0.29, 0.717) is 12.1 Å². The fourth-order valence-corrected chi connectivity index (χ4v) is 2.50. The topological polar surface area (TPSA) is 70.7 Å². The lowest BCUT2D eigenvalue weighted by Gasteiger charge is -2.22. The van der Waals surface area contributed by atoms with Crippen LogP contribution < -0.4 is 11.1 Å². The number of benzene rings is 2. The number of nitrogens with one attached hydrogen (secondary N) is 1. The molecule has 0 saturated carbocycles. The van der Waals surface area contributed by atoms with Crippen LogP contribution in [0, 0.1) is 6.92 Å². The van der Waals surface area contributed by atoms with Crippen LogP contribution in [-0.4, -0.2) is 30.4 Å². The Morgan fingerprint density at radius 2 is 1.85 bits per heavy atom. The molecule has 2 aromatic rings. The van der Waals surface area contributed by atoms with Crippen LogP contribution in [0.2, 0.25) is 0 Å². The average molecular weight is 466 g/mol. The van der Waals surface area contributed by atoms with Gasteiger partial charge in [0.25, 0.3) is 0 Å². The standard InChI is InChI=1S/C20H26N4O.HI/c1-4-22-20(24(3)14-16-10-8-15(2)9-11-16)23-13-17-6-5-7-18(12-17)19(21)25;/h5-12H,4,13-14H2,1-3H3,(H2,21,25)(H,22,23);1H. The van der Waals surface area contributed by atoms with Crippen molar-refractivity contribution in [3.63, 3.8) is 0 Å². The van der Waals surface area contributed by atoms with Gasteiger partial charge in [0, 0.05) is 25.7 Å². The molecule has 26 heavy (non-hydrogen) atoms. The zero-order valence-electron chi connectivity index (χ0n) is 15.5. The molecular formula is C20H27IN4O. The van der Waals surface area contributed by atoms with E-state index in [9.17, 15) is 4.79 Å². The first-order chi connectivity index (χ1) is 12.0. The third-order valence-electron chi connectivity index (χ3n) is 3.86. The fourth-order valence-electron chi connectivity index (χ4n) is 2.50. The number of hydrogen-bond donors (Lipinski definition) is 2. The maximum absolute atomic E-state index is 11.3. The number of aliphatic imine (C=N–C) groups is 1. The van der Waals surface area contributed by atoms with E-state index in [1.54, 1.807) is 12.1 Å². The van der Waals surface area contributed by atoms with Gasteiger partial charge in [0.05, 0.1) is 6.54 Å². The number of guanidine groups is 1. The molecule has 0 aromatic heterocycles. The predicted octanol–water partition coefficient (Wildman–Crippen LogP) is 3.31. The molecule has 0 saturated heterocycles. The van der Waals surface area contributed by atoms with Crippen molar-refractivity contribution >= 4 is 35.8 Å². The molecule has 0 aliphatic rings. The van der Waals surface area contributed by atoms with Crippen molar-refractivity contribution in [1.29, 1.82) is 0 Å². The number of halogens is 1. The zero-order valence-corrected chi connectivity index (χ0v) is 17.9. The van der Waals surface area contributed by atoms with Gasteiger partial charge in [-0.1, -0.05) is 42.0 Å². The van der Waals surface area contributed by atoms with Crippen molar-refractivity contribution < 1.29 is 4.79 Å². The summed E-state index contributed by atoms with van der Waals surface area (Å²) in [5.74, 6) is 0.404. The van der Waals surface area contributed by atoms with E-state index in [0.717, 1.165) is 24.6 Å². The molecule has 0 aliphatic heterocycles. The van der Waals surface area contributed by atoms with Gasteiger partial charge in [0.2, 0.25) is 5.91 Å². The van der Waals surface area contributed by atoms with Crippen LogP contribution in [0.3, 0.4) is 0 Å². The summed E-state index contributed by atoms with van der Waals surface area (Å²) in [5, 5.41) is 3.31. The van der Waals surface area contributed by atoms with Crippen LogP contribution in [0.4, 0.5) is 0 Å². The number of primary amides is 1. The molecule has 0 spiro atoms. The van der Waals surface area contributed by atoms with Gasteiger partial charge in [-0.25, -0.2) is 4.99 Å². The largest absolute Gasteiger partial charge is 0.366 e. The summed E-state index contributed by atoms with van der Waals surface area (Å²) in [6, 6.07) is 15.8. The van der Waals surface area contributed by atoms with Gasteiger partial charge in [-0.3, -0.25) is 4.79 Å². The van der Waals surface area contributed by atoms with E-state index < -0.39 is 5.91 Å². The zero-order chi connectivity index (χ0) is 18.2. The summed E-state index contributed by atoms with van der Waals surface area (Å²) in [6.07, 6.45) is 0. The Morgan fingerprint density at radius 1 is 1.15 bits per heavy atom. The quantitative estimate of drug-likeness (QED) is 0.390. The second kappa shape index (κ2) is 10.8. The molecule has 2 aromatic carbocycles. The van der Waals surface area contributed by atoms with Crippen molar-refractivity contribution in [1.82, 2.24) is 10.2 Å². The second-order valence-electron chi connectivity index (χ2n) is 6.08. The minimum Gasteiger partial charge on any atom is -0.366 e. The average Bonchev–Trinajstić information content (AvgIpc) is 2.60. The van der Waals surface area contributed by atoms with E-state index in [1.807, 2.05) is 26.1 Å². The summed E-state index contributed by atoms with van der Waals surface area (Å²) < 4.78 is 0. The summed E-state index contributed by atoms with van der Waals surface area (Å²) in [5.41, 5.74) is 9.28. The minimum absolute atomic E-state index is 0. The molecule has 3 N–H and O–H groups in total. The summed E-state index contributed by atoms with van der Waals surface area (Å²) in [7, 11) is 2.02. The molecule has 140 valence electrons. The molecule has 0 unspecified atom stereocenters. The maximum atomic E-state index is 11.3. The minimum atomic E-state index is -0.422. The fraction of sp³-hybridized carbons (Fsp3) is 0.300. The van der Waals surface area contributed by atoms with Gasteiger partial charge in [-0.15, -0.1) is 24.0 Å². The van der Waals surface area contributed by atoms with Crippen molar-refractivity contribution in [3.8, 4) is 0 Å². The van der Waals surface area contributed by atoms with Crippen molar-refractivity contribution in [2.45, 2.75) is 26.9 Å². The number of nitrogens with two attached hydrogens (primary N) is 1. The Kier molecular flexibility index (Phi) is 9.12. The maximum Gasteiger partial charge on any atom is 0.248 e. The molecule has 6 heteroatoms. The van der Waals surface area contributed by atoms with Crippen LogP contribution in [0.5, 0.6) is 0 Å². The van der Waals surface area contributed by atoms with E-state index in [1.165, 1.54) is 11.1 Å². The number of aryl methyl sites for hydroxylation is 1.